The quantitative estimate of drug-likeness (QED) is 0.428. The number of aryl methyl sites for hydroxylation is 2. The first kappa shape index (κ1) is 27.4. The smallest absolute Gasteiger partial charge is 0.337 e. The fourth-order valence-corrected chi connectivity index (χ4v) is 4.91. The number of nitrogens with zero attached hydrogens (tertiary/aromatic N) is 1. The SMILES string of the molecule is CC1=C(C(=O)OC(C)(C)C)C(c2ccc(Cl)cc2)C(C#N)=C(SCC(=O)Nc2ccc(C)cc2C)N1. The van der Waals surface area contributed by atoms with Crippen LogP contribution in [0, 0.1) is 25.2 Å². The predicted octanol–water partition coefficient (Wildman–Crippen LogP) is 6.37. The number of halogens is 1. The van der Waals surface area contributed by atoms with Gasteiger partial charge in [0.1, 0.15) is 5.60 Å². The van der Waals surface area contributed by atoms with Crippen LogP contribution in [0.15, 0.2) is 64.3 Å². The van der Waals surface area contributed by atoms with Crippen LogP contribution in [0.25, 0.3) is 0 Å². The third-order valence-electron chi connectivity index (χ3n) is 5.47. The van der Waals surface area contributed by atoms with Gasteiger partial charge in [0.25, 0.3) is 0 Å². The number of rotatable bonds is 6. The van der Waals surface area contributed by atoms with E-state index in [0.717, 1.165) is 22.4 Å². The number of carbonyl (C=O) groups excluding carboxylic acids is 2. The summed E-state index contributed by atoms with van der Waals surface area (Å²) < 4.78 is 5.67. The van der Waals surface area contributed by atoms with Gasteiger partial charge >= 0.3 is 5.97 Å². The molecule has 188 valence electrons. The number of thioether (sulfide) groups is 1. The average molecular weight is 524 g/mol. The van der Waals surface area contributed by atoms with Crippen molar-refractivity contribution in [1.82, 2.24) is 5.32 Å². The Kier molecular flexibility index (Phi) is 8.55. The average Bonchev–Trinajstić information content (AvgIpc) is 2.78. The second-order valence-electron chi connectivity index (χ2n) is 9.66. The van der Waals surface area contributed by atoms with Crippen molar-refractivity contribution >= 4 is 40.9 Å². The summed E-state index contributed by atoms with van der Waals surface area (Å²) in [6, 6.07) is 15.1. The van der Waals surface area contributed by atoms with Crippen LogP contribution >= 0.6 is 23.4 Å². The molecular weight excluding hydrogens is 494 g/mol. The summed E-state index contributed by atoms with van der Waals surface area (Å²) >= 11 is 7.31. The van der Waals surface area contributed by atoms with Crippen LogP contribution in [0.2, 0.25) is 5.02 Å². The molecule has 3 rings (SSSR count). The summed E-state index contributed by atoms with van der Waals surface area (Å²) in [6.07, 6.45) is 0. The summed E-state index contributed by atoms with van der Waals surface area (Å²) in [5.74, 6) is -1.27. The van der Waals surface area contributed by atoms with Crippen molar-refractivity contribution in [1.29, 1.82) is 5.26 Å². The topological polar surface area (TPSA) is 91.2 Å². The first-order valence-corrected chi connectivity index (χ1v) is 12.9. The van der Waals surface area contributed by atoms with E-state index in [-0.39, 0.29) is 11.7 Å². The number of hydrogen-bond acceptors (Lipinski definition) is 6. The monoisotopic (exact) mass is 523 g/mol. The molecule has 0 bridgehead atoms. The number of amides is 1. The van der Waals surface area contributed by atoms with Crippen molar-refractivity contribution in [3.63, 3.8) is 0 Å². The highest BCUT2D eigenvalue weighted by Gasteiger charge is 2.37. The lowest BCUT2D eigenvalue weighted by molar-refractivity contribution is -0.150. The van der Waals surface area contributed by atoms with Gasteiger partial charge in [-0.2, -0.15) is 5.26 Å². The zero-order valence-electron chi connectivity index (χ0n) is 21.3. The number of nitrogens with one attached hydrogen (secondary N) is 2. The van der Waals surface area contributed by atoms with E-state index in [0.29, 0.717) is 26.9 Å². The van der Waals surface area contributed by atoms with Crippen molar-refractivity contribution in [3.05, 3.63) is 86.0 Å². The Balaban J connectivity index is 1.92. The van der Waals surface area contributed by atoms with Gasteiger partial charge in [-0.05, 0) is 70.9 Å². The van der Waals surface area contributed by atoms with Crippen LogP contribution in [0.3, 0.4) is 0 Å². The summed E-state index contributed by atoms with van der Waals surface area (Å²) in [5, 5.41) is 17.3. The number of benzene rings is 2. The van der Waals surface area contributed by atoms with E-state index < -0.39 is 17.5 Å². The standard InChI is InChI=1S/C28H30ClN3O3S/c1-16-7-12-22(17(2)13-16)32-23(33)15-36-26-21(14-30)25(19-8-10-20(29)11-9-19)24(18(3)31-26)27(34)35-28(4,5)6/h7-13,25,31H,15H2,1-6H3,(H,32,33). The summed E-state index contributed by atoms with van der Waals surface area (Å²) in [4.78, 5) is 25.9. The number of dihydropyridines is 1. The molecule has 1 amide bonds. The van der Waals surface area contributed by atoms with E-state index in [1.54, 1.807) is 52.0 Å². The van der Waals surface area contributed by atoms with Gasteiger partial charge in [-0.15, -0.1) is 0 Å². The zero-order valence-corrected chi connectivity index (χ0v) is 22.9. The molecule has 2 N–H and O–H groups in total. The lowest BCUT2D eigenvalue weighted by Crippen LogP contribution is -2.32. The van der Waals surface area contributed by atoms with Crippen LogP contribution in [0.5, 0.6) is 0 Å². The number of nitriles is 1. The molecule has 2 aromatic carbocycles. The van der Waals surface area contributed by atoms with Gasteiger partial charge in [-0.1, -0.05) is 53.2 Å². The minimum Gasteiger partial charge on any atom is -0.457 e. The molecule has 36 heavy (non-hydrogen) atoms. The molecule has 0 spiro atoms. The first-order valence-electron chi connectivity index (χ1n) is 11.5. The van der Waals surface area contributed by atoms with E-state index in [4.69, 9.17) is 16.3 Å². The molecular formula is C28H30ClN3O3S. The molecule has 1 atom stereocenters. The van der Waals surface area contributed by atoms with Crippen LogP contribution < -0.4 is 10.6 Å². The Morgan fingerprint density at radius 3 is 2.39 bits per heavy atom. The Labute approximate surface area is 221 Å². The van der Waals surface area contributed by atoms with E-state index in [2.05, 4.69) is 16.7 Å². The lowest BCUT2D eigenvalue weighted by Gasteiger charge is -2.31. The van der Waals surface area contributed by atoms with Crippen LogP contribution in [0.4, 0.5) is 5.69 Å². The van der Waals surface area contributed by atoms with Crippen molar-refractivity contribution in [2.45, 2.75) is 53.1 Å². The number of allylic oxidation sites excluding steroid dienone is 2. The molecule has 0 aromatic heterocycles. The first-order chi connectivity index (χ1) is 16.9. The van der Waals surface area contributed by atoms with E-state index >= 15 is 0 Å². The largest absolute Gasteiger partial charge is 0.457 e. The van der Waals surface area contributed by atoms with Gasteiger partial charge in [0.15, 0.2) is 0 Å². The van der Waals surface area contributed by atoms with E-state index in [1.165, 1.54) is 11.8 Å². The van der Waals surface area contributed by atoms with E-state index in [1.807, 2.05) is 32.0 Å². The minimum atomic E-state index is -0.702. The molecule has 0 fully saturated rings. The summed E-state index contributed by atoms with van der Waals surface area (Å²) in [6.45, 7) is 11.1. The van der Waals surface area contributed by atoms with Crippen molar-refractivity contribution in [2.24, 2.45) is 0 Å². The highest BCUT2D eigenvalue weighted by atomic mass is 35.5. The Morgan fingerprint density at radius 2 is 1.81 bits per heavy atom. The Bertz CT molecular complexity index is 1280. The molecule has 2 aromatic rings. The highest BCUT2D eigenvalue weighted by Crippen LogP contribution is 2.41. The zero-order chi connectivity index (χ0) is 26.6. The van der Waals surface area contributed by atoms with Gasteiger partial charge in [0, 0.05) is 16.4 Å². The van der Waals surface area contributed by atoms with Gasteiger partial charge in [0.05, 0.1) is 33.9 Å². The number of carbonyl (C=O) groups is 2. The highest BCUT2D eigenvalue weighted by molar-refractivity contribution is 8.03. The van der Waals surface area contributed by atoms with Gasteiger partial charge in [-0.3, -0.25) is 4.79 Å². The fraction of sp³-hybridized carbons (Fsp3) is 0.321. The Morgan fingerprint density at radius 1 is 1.14 bits per heavy atom. The van der Waals surface area contributed by atoms with E-state index in [9.17, 15) is 14.9 Å². The number of hydrogen-bond donors (Lipinski definition) is 2. The third-order valence-corrected chi connectivity index (χ3v) is 6.74. The van der Waals surface area contributed by atoms with Gasteiger partial charge < -0.3 is 15.4 Å². The van der Waals surface area contributed by atoms with Crippen LogP contribution in [-0.2, 0) is 14.3 Å². The minimum absolute atomic E-state index is 0.0865. The molecule has 1 heterocycles. The second kappa shape index (κ2) is 11.2. The number of esters is 1. The molecule has 1 aliphatic rings. The molecule has 0 aliphatic carbocycles. The molecule has 0 saturated heterocycles. The second-order valence-corrected chi connectivity index (χ2v) is 11.1. The molecule has 0 radical (unpaired) electrons. The molecule has 8 heteroatoms. The van der Waals surface area contributed by atoms with Crippen LogP contribution in [0.1, 0.15) is 50.3 Å². The normalized spacial score (nSPS) is 15.8. The summed E-state index contributed by atoms with van der Waals surface area (Å²) in [7, 11) is 0. The van der Waals surface area contributed by atoms with Crippen LogP contribution in [-0.4, -0.2) is 23.2 Å². The molecule has 1 aliphatic heterocycles. The molecule has 0 saturated carbocycles. The third kappa shape index (κ3) is 6.71. The van der Waals surface area contributed by atoms with Crippen molar-refractivity contribution in [2.75, 3.05) is 11.1 Å². The van der Waals surface area contributed by atoms with Crippen molar-refractivity contribution in [3.8, 4) is 6.07 Å². The summed E-state index contributed by atoms with van der Waals surface area (Å²) in [5.41, 5.74) is 4.14. The van der Waals surface area contributed by atoms with Crippen molar-refractivity contribution < 1.29 is 14.3 Å². The molecule has 6 nitrogen and oxygen atoms in total. The van der Waals surface area contributed by atoms with Gasteiger partial charge in [-0.25, -0.2) is 4.79 Å². The fourth-order valence-electron chi connectivity index (χ4n) is 3.90. The maximum absolute atomic E-state index is 13.2. The molecule has 1 unspecified atom stereocenters. The lowest BCUT2D eigenvalue weighted by atomic mass is 9.82. The predicted molar refractivity (Wildman–Crippen MR) is 146 cm³/mol. The maximum Gasteiger partial charge on any atom is 0.337 e. The number of ether oxygens (including phenoxy) is 1. The Hall–Kier alpha value is -3.21. The van der Waals surface area contributed by atoms with Gasteiger partial charge in [0.2, 0.25) is 5.91 Å². The maximum atomic E-state index is 13.2. The number of anilines is 1.